The number of pyridine rings is 1. The Morgan fingerprint density at radius 3 is 2.74 bits per heavy atom. The number of rotatable bonds is 8. The molecule has 140 valence electrons. The Balaban J connectivity index is 1.57. The summed E-state index contributed by atoms with van der Waals surface area (Å²) in [6, 6.07) is 17.7. The third-order valence-electron chi connectivity index (χ3n) is 3.80. The summed E-state index contributed by atoms with van der Waals surface area (Å²) in [6.07, 6.45) is 3.41. The molecule has 0 spiro atoms. The summed E-state index contributed by atoms with van der Waals surface area (Å²) in [6.45, 7) is 4.42. The monoisotopic (exact) mass is 364 g/mol. The van der Waals surface area contributed by atoms with E-state index < -0.39 is 0 Å². The summed E-state index contributed by atoms with van der Waals surface area (Å²) in [5.41, 5.74) is 2.14. The van der Waals surface area contributed by atoms with E-state index in [2.05, 4.69) is 20.6 Å². The van der Waals surface area contributed by atoms with Crippen LogP contribution in [-0.2, 0) is 19.7 Å². The first-order chi connectivity index (χ1) is 13.3. The minimum Gasteiger partial charge on any atom is -0.473 e. The molecule has 0 atom stereocenters. The molecule has 0 aliphatic heterocycles. The second-order valence-corrected chi connectivity index (χ2v) is 5.90. The van der Waals surface area contributed by atoms with Gasteiger partial charge in [0.15, 0.2) is 5.96 Å². The van der Waals surface area contributed by atoms with Crippen LogP contribution in [0.4, 0.5) is 0 Å². The molecule has 0 bridgehead atoms. The highest BCUT2D eigenvalue weighted by Crippen LogP contribution is 2.12. The molecule has 2 heterocycles. The van der Waals surface area contributed by atoms with Gasteiger partial charge in [0.05, 0.1) is 19.4 Å². The van der Waals surface area contributed by atoms with Gasteiger partial charge >= 0.3 is 0 Å². The van der Waals surface area contributed by atoms with Crippen molar-refractivity contribution in [1.82, 2.24) is 15.6 Å². The summed E-state index contributed by atoms with van der Waals surface area (Å²) < 4.78 is 11.1. The molecule has 0 radical (unpaired) electrons. The summed E-state index contributed by atoms with van der Waals surface area (Å²) in [5, 5.41) is 6.48. The molecular weight excluding hydrogens is 340 g/mol. The van der Waals surface area contributed by atoms with Crippen molar-refractivity contribution in [2.75, 3.05) is 6.54 Å². The van der Waals surface area contributed by atoms with Gasteiger partial charge in [-0.3, -0.25) is 0 Å². The van der Waals surface area contributed by atoms with E-state index in [4.69, 9.17) is 9.15 Å². The van der Waals surface area contributed by atoms with Gasteiger partial charge in [-0.1, -0.05) is 30.3 Å². The molecule has 0 fully saturated rings. The van der Waals surface area contributed by atoms with Crippen molar-refractivity contribution >= 4 is 5.96 Å². The number of ether oxygens (including phenoxy) is 1. The van der Waals surface area contributed by atoms with Crippen molar-refractivity contribution in [3.8, 4) is 5.88 Å². The van der Waals surface area contributed by atoms with E-state index in [1.807, 2.05) is 61.5 Å². The van der Waals surface area contributed by atoms with Gasteiger partial charge in [-0.25, -0.2) is 9.98 Å². The molecule has 2 aromatic heterocycles. The topological polar surface area (TPSA) is 71.7 Å². The van der Waals surface area contributed by atoms with Crippen LogP contribution in [0.3, 0.4) is 0 Å². The number of nitrogens with one attached hydrogen (secondary N) is 2. The van der Waals surface area contributed by atoms with Crippen LogP contribution in [0.5, 0.6) is 5.88 Å². The van der Waals surface area contributed by atoms with Gasteiger partial charge in [0.2, 0.25) is 5.88 Å². The Hall–Kier alpha value is -3.28. The number of furan rings is 1. The Labute approximate surface area is 159 Å². The lowest BCUT2D eigenvalue weighted by Gasteiger charge is -2.10. The van der Waals surface area contributed by atoms with Crippen LogP contribution in [0.25, 0.3) is 0 Å². The maximum absolute atomic E-state index is 5.78. The number of aromatic nitrogens is 1. The Morgan fingerprint density at radius 1 is 1.07 bits per heavy atom. The molecule has 0 amide bonds. The third kappa shape index (κ3) is 6.18. The molecule has 3 rings (SSSR count). The van der Waals surface area contributed by atoms with Crippen molar-refractivity contribution in [2.24, 2.45) is 4.99 Å². The van der Waals surface area contributed by atoms with E-state index >= 15 is 0 Å². The number of hydrogen-bond donors (Lipinski definition) is 2. The number of aliphatic imine (C=N–C) groups is 1. The number of guanidine groups is 1. The fourth-order valence-corrected chi connectivity index (χ4v) is 2.46. The van der Waals surface area contributed by atoms with E-state index in [1.165, 1.54) is 0 Å². The van der Waals surface area contributed by atoms with Crippen LogP contribution in [-0.4, -0.2) is 17.5 Å². The minimum atomic E-state index is 0.494. The number of nitrogens with zero attached hydrogens (tertiary/aromatic N) is 2. The summed E-state index contributed by atoms with van der Waals surface area (Å²) in [5.74, 6) is 2.19. The predicted molar refractivity (Wildman–Crippen MR) is 105 cm³/mol. The van der Waals surface area contributed by atoms with E-state index in [0.717, 1.165) is 29.4 Å². The molecule has 6 nitrogen and oxygen atoms in total. The van der Waals surface area contributed by atoms with Gasteiger partial charge in [0.1, 0.15) is 12.4 Å². The largest absolute Gasteiger partial charge is 0.473 e. The summed E-state index contributed by atoms with van der Waals surface area (Å²) in [7, 11) is 0. The van der Waals surface area contributed by atoms with Gasteiger partial charge in [-0.2, -0.15) is 0 Å². The molecule has 0 saturated carbocycles. The number of benzene rings is 1. The predicted octanol–water partition coefficient (Wildman–Crippen LogP) is 3.51. The molecule has 27 heavy (non-hydrogen) atoms. The molecular formula is C21H24N4O2. The molecule has 1 aromatic carbocycles. The van der Waals surface area contributed by atoms with Gasteiger partial charge in [0, 0.05) is 18.8 Å². The zero-order valence-electron chi connectivity index (χ0n) is 15.4. The van der Waals surface area contributed by atoms with Crippen LogP contribution in [0, 0.1) is 0 Å². The molecule has 2 N–H and O–H groups in total. The highest BCUT2D eigenvalue weighted by molar-refractivity contribution is 5.79. The van der Waals surface area contributed by atoms with Crippen LogP contribution in [0.2, 0.25) is 0 Å². The molecule has 3 aromatic rings. The quantitative estimate of drug-likeness (QED) is 0.473. The Morgan fingerprint density at radius 2 is 1.96 bits per heavy atom. The Bertz CT molecular complexity index is 832. The van der Waals surface area contributed by atoms with Crippen LogP contribution in [0.15, 0.2) is 76.5 Å². The highest BCUT2D eigenvalue weighted by atomic mass is 16.5. The SMILES string of the molecule is CCNC(=NCc1ccnc(OCc2ccccc2)c1)NCc1ccco1. The summed E-state index contributed by atoms with van der Waals surface area (Å²) in [4.78, 5) is 8.89. The third-order valence-corrected chi connectivity index (χ3v) is 3.80. The van der Waals surface area contributed by atoms with E-state index in [1.54, 1.807) is 12.5 Å². The zero-order chi connectivity index (χ0) is 18.7. The molecule has 0 aliphatic rings. The Kier molecular flexibility index (Phi) is 6.86. The summed E-state index contributed by atoms with van der Waals surface area (Å²) >= 11 is 0. The fraction of sp³-hybridized carbons (Fsp3) is 0.238. The van der Waals surface area contributed by atoms with Crippen molar-refractivity contribution < 1.29 is 9.15 Å². The highest BCUT2D eigenvalue weighted by Gasteiger charge is 2.02. The van der Waals surface area contributed by atoms with Gasteiger partial charge in [-0.05, 0) is 36.2 Å². The molecule has 0 unspecified atom stereocenters. The van der Waals surface area contributed by atoms with Crippen molar-refractivity contribution in [3.05, 3.63) is 83.9 Å². The van der Waals surface area contributed by atoms with E-state index in [-0.39, 0.29) is 0 Å². The molecule has 0 aliphatic carbocycles. The number of hydrogen-bond acceptors (Lipinski definition) is 4. The molecule has 0 saturated heterocycles. The second-order valence-electron chi connectivity index (χ2n) is 5.90. The first-order valence-electron chi connectivity index (χ1n) is 8.99. The maximum Gasteiger partial charge on any atom is 0.213 e. The van der Waals surface area contributed by atoms with Crippen LogP contribution in [0.1, 0.15) is 23.8 Å². The van der Waals surface area contributed by atoms with Crippen molar-refractivity contribution in [3.63, 3.8) is 0 Å². The average Bonchev–Trinajstić information content (AvgIpc) is 3.23. The normalized spacial score (nSPS) is 11.2. The lowest BCUT2D eigenvalue weighted by atomic mass is 10.2. The van der Waals surface area contributed by atoms with Crippen LogP contribution >= 0.6 is 0 Å². The fourth-order valence-electron chi connectivity index (χ4n) is 2.46. The van der Waals surface area contributed by atoms with Gasteiger partial charge in [0.25, 0.3) is 0 Å². The standard InChI is InChI=1S/C21H24N4O2/c1-2-22-21(25-15-19-9-6-12-26-19)24-14-18-10-11-23-20(13-18)27-16-17-7-4-3-5-8-17/h3-13H,2,14-16H2,1H3,(H2,22,24,25). The maximum atomic E-state index is 5.78. The van der Waals surface area contributed by atoms with Gasteiger partial charge in [-0.15, -0.1) is 0 Å². The lowest BCUT2D eigenvalue weighted by molar-refractivity contribution is 0.293. The van der Waals surface area contributed by atoms with E-state index in [9.17, 15) is 0 Å². The van der Waals surface area contributed by atoms with Gasteiger partial charge < -0.3 is 19.8 Å². The second kappa shape index (κ2) is 10.0. The van der Waals surface area contributed by atoms with Crippen molar-refractivity contribution in [2.45, 2.75) is 26.6 Å². The first-order valence-corrected chi connectivity index (χ1v) is 8.99. The smallest absolute Gasteiger partial charge is 0.213 e. The first kappa shape index (κ1) is 18.5. The van der Waals surface area contributed by atoms with E-state index in [0.29, 0.717) is 25.6 Å². The zero-order valence-corrected chi connectivity index (χ0v) is 15.4. The minimum absolute atomic E-state index is 0.494. The van der Waals surface area contributed by atoms with Crippen molar-refractivity contribution in [1.29, 1.82) is 0 Å². The average molecular weight is 364 g/mol. The lowest BCUT2D eigenvalue weighted by Crippen LogP contribution is -2.36. The molecule has 6 heteroatoms. The van der Waals surface area contributed by atoms with Crippen LogP contribution < -0.4 is 15.4 Å².